The third kappa shape index (κ3) is 5.62. The van der Waals surface area contributed by atoms with Gasteiger partial charge >= 0.3 is 0 Å². The van der Waals surface area contributed by atoms with Crippen LogP contribution < -0.4 is 20.3 Å². The summed E-state index contributed by atoms with van der Waals surface area (Å²) in [6.07, 6.45) is 0.678. The van der Waals surface area contributed by atoms with E-state index in [1.807, 2.05) is 54.6 Å². The molecule has 3 heterocycles. The Bertz CT molecular complexity index is 1330. The van der Waals surface area contributed by atoms with Crippen LogP contribution in [0.4, 0.5) is 10.9 Å². The highest BCUT2D eigenvalue weighted by Gasteiger charge is 2.23. The number of carbonyl (C=O) groups excluding carboxylic acids is 1. The summed E-state index contributed by atoms with van der Waals surface area (Å²) in [5, 5.41) is 16.0. The molecule has 36 heavy (non-hydrogen) atoms. The molecule has 192 valence electrons. The first-order chi connectivity index (χ1) is 17.1. The van der Waals surface area contributed by atoms with Crippen molar-refractivity contribution in [1.29, 1.82) is 0 Å². The average Bonchev–Trinajstić information content (AvgIpc) is 3.48. The molecule has 1 aromatic carbocycles. The van der Waals surface area contributed by atoms with Crippen LogP contribution >= 0.6 is 11.3 Å². The molecule has 0 fully saturated rings. The van der Waals surface area contributed by atoms with Crippen molar-refractivity contribution >= 4 is 33.2 Å². The fourth-order valence-electron chi connectivity index (χ4n) is 3.83. The highest BCUT2D eigenvalue weighted by molar-refractivity contribution is 7.20. The van der Waals surface area contributed by atoms with E-state index in [0.29, 0.717) is 18.1 Å². The van der Waals surface area contributed by atoms with E-state index in [4.69, 9.17) is 19.3 Å². The predicted octanol–water partition coefficient (Wildman–Crippen LogP) is 4.08. The van der Waals surface area contributed by atoms with E-state index < -0.39 is 0 Å². The number of anilines is 2. The van der Waals surface area contributed by atoms with Gasteiger partial charge in [0.25, 0.3) is 0 Å². The number of aryl methyl sites for hydroxylation is 2. The van der Waals surface area contributed by atoms with Gasteiger partial charge in [0.2, 0.25) is 16.0 Å². The number of imidazole rings is 1. The number of ether oxygens (including phenoxy) is 1. The molecule has 0 unspecified atom stereocenters. The second-order valence-electron chi connectivity index (χ2n) is 9.75. The molecule has 0 bridgehead atoms. The molecule has 3 aromatic heterocycles. The number of fused-ring (bicyclic) bond motifs is 1. The van der Waals surface area contributed by atoms with Gasteiger partial charge in [0.05, 0.1) is 19.3 Å². The van der Waals surface area contributed by atoms with Gasteiger partial charge in [-0.3, -0.25) is 4.79 Å². The minimum Gasteiger partial charge on any atom is -0.497 e. The smallest absolute Gasteiger partial charge is 0.239 e. The lowest BCUT2D eigenvalue weighted by molar-refractivity contribution is -0.119. The lowest BCUT2D eigenvalue weighted by atomic mass is 10.1. The van der Waals surface area contributed by atoms with Crippen molar-refractivity contribution in [3.63, 3.8) is 0 Å². The summed E-state index contributed by atoms with van der Waals surface area (Å²) in [7, 11) is 3.50. The number of hydrogen-bond donors (Lipinski definition) is 2. The SMILES string of the molecule is COc1ccc(-c2nc3sc(N(C)CC(=O)NCCc4c(C)noc4C)nn3c2NC(C)(C)C)cc1. The number of likely N-dealkylation sites (N-methyl/N-ethyl adjacent to an activating group) is 1. The van der Waals surface area contributed by atoms with Gasteiger partial charge in [-0.05, 0) is 65.3 Å². The molecule has 4 aromatic rings. The lowest BCUT2D eigenvalue weighted by Crippen LogP contribution is -2.36. The number of carbonyl (C=O) groups is 1. The van der Waals surface area contributed by atoms with E-state index in [1.54, 1.807) is 7.11 Å². The number of nitrogens with zero attached hydrogens (tertiary/aromatic N) is 5. The topological polar surface area (TPSA) is 110 Å². The molecule has 4 rings (SSSR count). The van der Waals surface area contributed by atoms with Gasteiger partial charge in [-0.1, -0.05) is 16.5 Å². The van der Waals surface area contributed by atoms with Crippen molar-refractivity contribution < 1.29 is 14.1 Å². The Labute approximate surface area is 214 Å². The number of hydrogen-bond acceptors (Lipinski definition) is 9. The maximum Gasteiger partial charge on any atom is 0.239 e. The van der Waals surface area contributed by atoms with Gasteiger partial charge in [-0.25, -0.2) is 4.98 Å². The largest absolute Gasteiger partial charge is 0.497 e. The highest BCUT2D eigenvalue weighted by Crippen LogP contribution is 2.35. The third-order valence-electron chi connectivity index (χ3n) is 5.64. The minimum absolute atomic E-state index is 0.0796. The summed E-state index contributed by atoms with van der Waals surface area (Å²) in [6.45, 7) is 10.8. The van der Waals surface area contributed by atoms with Gasteiger partial charge in [-0.15, -0.1) is 5.10 Å². The first-order valence-corrected chi connectivity index (χ1v) is 12.6. The molecule has 10 nitrogen and oxygen atoms in total. The molecule has 0 aliphatic heterocycles. The van der Waals surface area contributed by atoms with E-state index in [-0.39, 0.29) is 18.0 Å². The van der Waals surface area contributed by atoms with Crippen molar-refractivity contribution in [1.82, 2.24) is 25.1 Å². The molecule has 0 radical (unpaired) electrons. The van der Waals surface area contributed by atoms with E-state index in [9.17, 15) is 4.79 Å². The molecule has 0 saturated heterocycles. The van der Waals surface area contributed by atoms with Gasteiger partial charge in [0.1, 0.15) is 17.2 Å². The number of benzene rings is 1. The monoisotopic (exact) mass is 511 g/mol. The first kappa shape index (κ1) is 25.5. The molecule has 0 aliphatic rings. The zero-order valence-corrected chi connectivity index (χ0v) is 22.6. The Morgan fingerprint density at radius 1 is 1.22 bits per heavy atom. The Hall–Kier alpha value is -3.60. The molecule has 0 aliphatic carbocycles. The van der Waals surface area contributed by atoms with Crippen LogP contribution in [0.5, 0.6) is 5.75 Å². The van der Waals surface area contributed by atoms with Crippen LogP contribution in [0.2, 0.25) is 0 Å². The van der Waals surface area contributed by atoms with Gasteiger partial charge < -0.3 is 24.8 Å². The van der Waals surface area contributed by atoms with Crippen LogP contribution in [0.3, 0.4) is 0 Å². The highest BCUT2D eigenvalue weighted by atomic mass is 32.1. The van der Waals surface area contributed by atoms with E-state index >= 15 is 0 Å². The third-order valence-corrected chi connectivity index (χ3v) is 6.66. The van der Waals surface area contributed by atoms with Crippen LogP contribution in [0, 0.1) is 13.8 Å². The Kier molecular flexibility index (Phi) is 7.21. The fourth-order valence-corrected chi connectivity index (χ4v) is 4.70. The van der Waals surface area contributed by atoms with Crippen molar-refractivity contribution in [2.45, 2.75) is 46.6 Å². The van der Waals surface area contributed by atoms with Gasteiger partial charge in [-0.2, -0.15) is 4.52 Å². The predicted molar refractivity (Wildman–Crippen MR) is 142 cm³/mol. The lowest BCUT2D eigenvalue weighted by Gasteiger charge is -2.22. The van der Waals surface area contributed by atoms with Gasteiger partial charge in [0.15, 0.2) is 5.82 Å². The average molecular weight is 512 g/mol. The molecule has 1 amide bonds. The van der Waals surface area contributed by atoms with Crippen LogP contribution in [0.1, 0.15) is 37.8 Å². The zero-order chi connectivity index (χ0) is 26.0. The second kappa shape index (κ2) is 10.2. The van der Waals surface area contributed by atoms with E-state index in [0.717, 1.165) is 44.8 Å². The Morgan fingerprint density at radius 2 is 1.94 bits per heavy atom. The van der Waals surface area contributed by atoms with Crippen molar-refractivity contribution in [3.05, 3.63) is 41.3 Å². The molecule has 0 atom stereocenters. The summed E-state index contributed by atoms with van der Waals surface area (Å²) in [4.78, 5) is 20.0. The summed E-state index contributed by atoms with van der Waals surface area (Å²) in [5.41, 5.74) is 3.48. The number of amides is 1. The number of aromatic nitrogens is 4. The van der Waals surface area contributed by atoms with E-state index in [2.05, 4.69) is 36.6 Å². The zero-order valence-electron chi connectivity index (χ0n) is 21.8. The Balaban J connectivity index is 1.49. The number of nitrogens with one attached hydrogen (secondary N) is 2. The maximum atomic E-state index is 12.6. The van der Waals surface area contributed by atoms with Crippen molar-refractivity contribution in [2.75, 3.05) is 37.5 Å². The van der Waals surface area contributed by atoms with Crippen LogP contribution in [0.25, 0.3) is 16.2 Å². The molecular formula is C25H33N7O3S. The first-order valence-electron chi connectivity index (χ1n) is 11.8. The van der Waals surface area contributed by atoms with Crippen molar-refractivity contribution in [2.24, 2.45) is 0 Å². The van der Waals surface area contributed by atoms with Crippen LogP contribution in [-0.4, -0.2) is 58.4 Å². The van der Waals surface area contributed by atoms with Gasteiger partial charge in [0, 0.05) is 30.3 Å². The van der Waals surface area contributed by atoms with Crippen molar-refractivity contribution in [3.8, 4) is 17.0 Å². The molecule has 11 heteroatoms. The quantitative estimate of drug-likeness (QED) is 0.346. The summed E-state index contributed by atoms with van der Waals surface area (Å²) < 4.78 is 12.3. The normalized spacial score (nSPS) is 11.6. The maximum absolute atomic E-state index is 12.6. The molecule has 2 N–H and O–H groups in total. The second-order valence-corrected chi connectivity index (χ2v) is 10.7. The number of rotatable bonds is 9. The summed E-state index contributed by atoms with van der Waals surface area (Å²) >= 11 is 1.44. The van der Waals surface area contributed by atoms with Crippen LogP contribution in [0.15, 0.2) is 28.8 Å². The number of methoxy groups -OCH3 is 1. The Morgan fingerprint density at radius 3 is 2.56 bits per heavy atom. The fraction of sp³-hybridized carbons (Fsp3) is 0.440. The standard InChI is InChI=1S/C25H33N7O3S/c1-15-19(16(2)35-30-15)12-13-26-20(33)14-31(6)24-29-32-22(28-25(3,4)5)21(27-23(32)36-24)17-8-10-18(34-7)11-9-17/h8-11,28H,12-14H2,1-7H3,(H,26,33). The van der Waals surface area contributed by atoms with E-state index in [1.165, 1.54) is 11.3 Å². The van der Waals surface area contributed by atoms with Crippen LogP contribution in [-0.2, 0) is 11.2 Å². The molecule has 0 saturated carbocycles. The molecule has 0 spiro atoms. The summed E-state index contributed by atoms with van der Waals surface area (Å²) in [6, 6.07) is 7.80. The molecular weight excluding hydrogens is 478 g/mol. The summed E-state index contributed by atoms with van der Waals surface area (Å²) in [5.74, 6) is 2.31. The minimum atomic E-state index is -0.200.